The molecule has 0 aliphatic rings. The van der Waals surface area contributed by atoms with Crippen molar-refractivity contribution in [3.05, 3.63) is 24.7 Å². The van der Waals surface area contributed by atoms with Crippen molar-refractivity contribution in [3.63, 3.8) is 0 Å². The third-order valence-corrected chi connectivity index (χ3v) is 0.806. The van der Waals surface area contributed by atoms with Crippen LogP contribution in [0.1, 0.15) is 0 Å². The fraction of sp³-hybridized carbons (Fsp3) is 0.286. The maximum absolute atomic E-state index is 10.5. The summed E-state index contributed by atoms with van der Waals surface area (Å²) in [7, 11) is 0. The van der Waals surface area contributed by atoms with E-state index in [2.05, 4.69) is 9.47 Å². The third kappa shape index (κ3) is 6.47. The topological polar surface area (TPSA) is 76.0 Å². The zero-order valence-electron chi connectivity index (χ0n) is 6.34. The van der Waals surface area contributed by atoms with Crippen LogP contribution in [0.15, 0.2) is 24.7 Å². The van der Waals surface area contributed by atoms with Gasteiger partial charge in [0, 0.05) is 0 Å². The molecule has 0 bridgehead atoms. The Morgan fingerprint density at radius 1 is 1.08 bits per heavy atom. The average molecular weight is 174 g/mol. The molecule has 0 aliphatic carbocycles. The van der Waals surface area contributed by atoms with Crippen molar-refractivity contribution < 1.29 is 24.5 Å². The van der Waals surface area contributed by atoms with Gasteiger partial charge in [-0.25, -0.2) is 4.79 Å². The number of hydrogen-bond donors (Lipinski definition) is 2. The van der Waals surface area contributed by atoms with E-state index in [0.717, 1.165) is 12.5 Å². The molecular weight excluding hydrogens is 164 g/mol. The van der Waals surface area contributed by atoms with Crippen molar-refractivity contribution in [2.75, 3.05) is 13.2 Å². The average Bonchev–Trinajstić information content (AvgIpc) is 2.06. The first-order valence-electron chi connectivity index (χ1n) is 3.19. The van der Waals surface area contributed by atoms with Crippen LogP contribution in [0.4, 0.5) is 4.79 Å². The van der Waals surface area contributed by atoms with Gasteiger partial charge in [0.05, 0.1) is 12.5 Å². The molecule has 0 radical (unpaired) electrons. The fourth-order valence-electron chi connectivity index (χ4n) is 0.360. The van der Waals surface area contributed by atoms with Crippen molar-refractivity contribution >= 4 is 6.16 Å². The van der Waals surface area contributed by atoms with E-state index < -0.39 is 6.16 Å². The fourth-order valence-corrected chi connectivity index (χ4v) is 0.360. The lowest BCUT2D eigenvalue weighted by Gasteiger charge is -2.00. The Hall–Kier alpha value is -1.65. The summed E-state index contributed by atoms with van der Waals surface area (Å²) in [6.07, 6.45) is 3.15. The lowest BCUT2D eigenvalue weighted by atomic mass is 10.7. The second-order valence-electron chi connectivity index (χ2n) is 1.64. The third-order valence-electron chi connectivity index (χ3n) is 0.806. The summed E-state index contributed by atoms with van der Waals surface area (Å²) in [5.41, 5.74) is 0. The van der Waals surface area contributed by atoms with E-state index in [4.69, 9.17) is 10.2 Å². The van der Waals surface area contributed by atoms with Crippen LogP contribution in [0.25, 0.3) is 0 Å². The molecule has 0 aromatic carbocycles. The van der Waals surface area contributed by atoms with Crippen LogP contribution < -0.4 is 0 Å². The summed E-state index contributed by atoms with van der Waals surface area (Å²) in [6.45, 7) is -0.0870. The number of carbonyl (C=O) groups is 1. The van der Waals surface area contributed by atoms with E-state index >= 15 is 0 Å². The van der Waals surface area contributed by atoms with E-state index in [1.165, 1.54) is 12.2 Å². The normalized spacial score (nSPS) is 10.7. The van der Waals surface area contributed by atoms with Gasteiger partial charge in [-0.05, 0) is 12.2 Å². The summed E-state index contributed by atoms with van der Waals surface area (Å²) in [6, 6.07) is 0. The first-order chi connectivity index (χ1) is 5.81. The molecule has 0 amide bonds. The van der Waals surface area contributed by atoms with Gasteiger partial charge < -0.3 is 19.7 Å². The Bertz CT molecular complexity index is 155. The summed E-state index contributed by atoms with van der Waals surface area (Å²) >= 11 is 0. The lowest BCUT2D eigenvalue weighted by molar-refractivity contribution is 0.0712. The van der Waals surface area contributed by atoms with Crippen molar-refractivity contribution in [1.29, 1.82) is 0 Å². The largest absolute Gasteiger partial charge is 0.516 e. The molecule has 5 heteroatoms. The van der Waals surface area contributed by atoms with Gasteiger partial charge in [-0.2, -0.15) is 0 Å². The highest BCUT2D eigenvalue weighted by molar-refractivity contribution is 5.60. The molecule has 0 saturated carbocycles. The molecule has 0 heterocycles. The highest BCUT2D eigenvalue weighted by atomic mass is 16.7. The summed E-state index contributed by atoms with van der Waals surface area (Å²) in [5, 5.41) is 16.3. The maximum atomic E-state index is 10.5. The molecule has 0 rings (SSSR count). The highest BCUT2D eigenvalue weighted by Crippen LogP contribution is 1.86. The van der Waals surface area contributed by atoms with Gasteiger partial charge in [0.15, 0.2) is 0 Å². The zero-order valence-corrected chi connectivity index (χ0v) is 6.34. The van der Waals surface area contributed by atoms with Gasteiger partial charge >= 0.3 is 6.16 Å². The predicted octanol–water partition coefficient (Wildman–Crippen LogP) is 1.28. The zero-order chi connectivity index (χ0) is 9.23. The molecule has 0 fully saturated rings. The Morgan fingerprint density at radius 3 is 1.83 bits per heavy atom. The minimum Gasteiger partial charge on any atom is -0.516 e. The first kappa shape index (κ1) is 10.3. The molecule has 0 atom stereocenters. The summed E-state index contributed by atoms with van der Waals surface area (Å²) < 4.78 is 8.81. The number of ether oxygens (including phenoxy) is 2. The molecule has 12 heavy (non-hydrogen) atoms. The molecule has 0 aliphatic heterocycles. The van der Waals surface area contributed by atoms with E-state index in [0.29, 0.717) is 0 Å². The van der Waals surface area contributed by atoms with Gasteiger partial charge in [-0.15, -0.1) is 0 Å². The van der Waals surface area contributed by atoms with Crippen molar-refractivity contribution in [1.82, 2.24) is 0 Å². The van der Waals surface area contributed by atoms with Crippen LogP contribution in [-0.2, 0) is 9.47 Å². The number of aliphatic hydroxyl groups excluding tert-OH is 2. The molecule has 0 spiro atoms. The standard InChI is InChI=1S/C7H10O5/c8-3-1-5-11-7(10)12-6-2-4-9/h1-4,8-9H,5-6H2/b3-1+,4-2+. The van der Waals surface area contributed by atoms with Crippen molar-refractivity contribution in [2.45, 2.75) is 0 Å². The van der Waals surface area contributed by atoms with Gasteiger partial charge in [-0.3, -0.25) is 0 Å². The maximum Gasteiger partial charge on any atom is 0.508 e. The van der Waals surface area contributed by atoms with Crippen LogP contribution in [-0.4, -0.2) is 29.6 Å². The SMILES string of the molecule is O=C(OC/C=C/O)OC/C=C/O. The van der Waals surface area contributed by atoms with E-state index in [9.17, 15) is 4.79 Å². The minimum absolute atomic E-state index is 0.0435. The second-order valence-corrected chi connectivity index (χ2v) is 1.64. The van der Waals surface area contributed by atoms with Crippen LogP contribution in [0.2, 0.25) is 0 Å². The van der Waals surface area contributed by atoms with E-state index in [1.54, 1.807) is 0 Å². The Labute approximate surface area is 69.5 Å². The monoisotopic (exact) mass is 174 g/mol. The summed E-state index contributed by atoms with van der Waals surface area (Å²) in [4.78, 5) is 10.5. The molecular formula is C7H10O5. The number of hydrogen-bond acceptors (Lipinski definition) is 5. The quantitative estimate of drug-likeness (QED) is 0.496. The molecule has 2 N–H and O–H groups in total. The number of rotatable bonds is 4. The van der Waals surface area contributed by atoms with Gasteiger partial charge in [0.2, 0.25) is 0 Å². The van der Waals surface area contributed by atoms with E-state index in [1.807, 2.05) is 0 Å². The molecule has 5 nitrogen and oxygen atoms in total. The minimum atomic E-state index is -0.855. The molecule has 0 saturated heterocycles. The summed E-state index contributed by atoms with van der Waals surface area (Å²) in [5.74, 6) is 0. The lowest BCUT2D eigenvalue weighted by Crippen LogP contribution is -2.07. The number of aliphatic hydroxyl groups is 2. The number of carbonyl (C=O) groups excluding carboxylic acids is 1. The molecule has 0 aromatic rings. The van der Waals surface area contributed by atoms with Gasteiger partial charge in [0.25, 0.3) is 0 Å². The van der Waals surface area contributed by atoms with Crippen LogP contribution >= 0.6 is 0 Å². The van der Waals surface area contributed by atoms with Crippen LogP contribution in [0.3, 0.4) is 0 Å². The first-order valence-corrected chi connectivity index (χ1v) is 3.19. The second kappa shape index (κ2) is 7.46. The van der Waals surface area contributed by atoms with E-state index in [-0.39, 0.29) is 13.2 Å². The van der Waals surface area contributed by atoms with Crippen LogP contribution in [0, 0.1) is 0 Å². The molecule has 0 unspecified atom stereocenters. The van der Waals surface area contributed by atoms with Crippen molar-refractivity contribution in [2.24, 2.45) is 0 Å². The van der Waals surface area contributed by atoms with Gasteiger partial charge in [0.1, 0.15) is 13.2 Å². The Morgan fingerprint density at radius 2 is 1.50 bits per heavy atom. The Kier molecular flexibility index (Phi) is 6.43. The Balaban J connectivity index is 3.33. The predicted molar refractivity (Wildman–Crippen MR) is 40.8 cm³/mol. The van der Waals surface area contributed by atoms with Crippen LogP contribution in [0.5, 0.6) is 0 Å². The van der Waals surface area contributed by atoms with Gasteiger partial charge in [-0.1, -0.05) is 0 Å². The highest BCUT2D eigenvalue weighted by Gasteiger charge is 1.98. The molecule has 0 aromatic heterocycles. The molecule has 68 valence electrons. The van der Waals surface area contributed by atoms with Crippen molar-refractivity contribution in [3.8, 4) is 0 Å². The smallest absolute Gasteiger partial charge is 0.508 e.